The second kappa shape index (κ2) is 10.3. The number of aryl methyl sites for hydroxylation is 1. The van der Waals surface area contributed by atoms with Crippen LogP contribution in [0.4, 0.5) is 0 Å². The molecule has 0 radical (unpaired) electrons. The Bertz CT molecular complexity index is 1100. The number of piperazine rings is 1. The molecule has 4 rings (SSSR count). The molecule has 9 nitrogen and oxygen atoms in total. The van der Waals surface area contributed by atoms with E-state index in [4.69, 9.17) is 9.37 Å². The molecule has 1 N–H and O–H groups in total. The normalized spacial score (nSPS) is 16.3. The maximum absolute atomic E-state index is 12.9. The van der Waals surface area contributed by atoms with Gasteiger partial charge in [-0.25, -0.2) is 4.63 Å². The van der Waals surface area contributed by atoms with Crippen molar-refractivity contribution in [3.63, 3.8) is 0 Å². The number of carbonyl (C=O) groups is 2. The van der Waals surface area contributed by atoms with Crippen LogP contribution in [-0.4, -0.2) is 58.1 Å². The molecule has 1 fully saturated rings. The molecule has 0 spiro atoms. The first kappa shape index (κ1) is 22.5. The van der Waals surface area contributed by atoms with Crippen molar-refractivity contribution < 1.29 is 19.0 Å². The molecule has 33 heavy (non-hydrogen) atoms. The maximum Gasteiger partial charge on any atom is 0.237 e. The number of para-hydroxylation sites is 1. The van der Waals surface area contributed by atoms with Crippen LogP contribution in [-0.2, 0) is 22.7 Å². The Morgan fingerprint density at radius 3 is 2.73 bits per heavy atom. The van der Waals surface area contributed by atoms with Gasteiger partial charge in [0.15, 0.2) is 0 Å². The van der Waals surface area contributed by atoms with Crippen molar-refractivity contribution in [1.29, 1.82) is 0 Å². The van der Waals surface area contributed by atoms with Crippen LogP contribution < -0.4 is 10.1 Å². The van der Waals surface area contributed by atoms with E-state index < -0.39 is 6.04 Å². The molecular weight excluding hydrogens is 422 g/mol. The fraction of sp³-hybridized carbons (Fsp3) is 0.333. The second-order valence-corrected chi connectivity index (χ2v) is 8.09. The Morgan fingerprint density at radius 1 is 1.18 bits per heavy atom. The standard InChI is InChI=1S/C24H27N5O4/c1-17-21(27-33-26-17)16-28(2)23(30)14-22-24(31)25-11-12-29(22)15-18-7-6-10-20(13-18)32-19-8-4-3-5-9-19/h3-10,13,22H,11-12,14-16H2,1-2H3,(H,25,31). The minimum Gasteiger partial charge on any atom is -0.457 e. The first-order valence-electron chi connectivity index (χ1n) is 10.8. The van der Waals surface area contributed by atoms with E-state index in [0.29, 0.717) is 31.0 Å². The van der Waals surface area contributed by atoms with Gasteiger partial charge in [0.25, 0.3) is 0 Å². The fourth-order valence-electron chi connectivity index (χ4n) is 3.77. The lowest BCUT2D eigenvalue weighted by molar-refractivity contribution is -0.138. The Kier molecular flexibility index (Phi) is 6.99. The lowest BCUT2D eigenvalue weighted by atomic mass is 10.1. The van der Waals surface area contributed by atoms with Crippen LogP contribution in [0.25, 0.3) is 0 Å². The van der Waals surface area contributed by atoms with Crippen molar-refractivity contribution in [3.05, 3.63) is 71.5 Å². The van der Waals surface area contributed by atoms with Gasteiger partial charge in [-0.2, -0.15) is 0 Å². The fourth-order valence-corrected chi connectivity index (χ4v) is 3.77. The van der Waals surface area contributed by atoms with Crippen LogP contribution in [0.3, 0.4) is 0 Å². The summed E-state index contributed by atoms with van der Waals surface area (Å²) in [4.78, 5) is 29.1. The molecule has 1 aromatic heterocycles. The number of hydrogen-bond acceptors (Lipinski definition) is 7. The maximum atomic E-state index is 12.9. The average molecular weight is 450 g/mol. The molecule has 0 aliphatic carbocycles. The minimum absolute atomic E-state index is 0.0763. The Morgan fingerprint density at radius 2 is 1.97 bits per heavy atom. The number of benzene rings is 2. The topological polar surface area (TPSA) is 101 Å². The molecule has 2 heterocycles. The number of amides is 2. The largest absolute Gasteiger partial charge is 0.457 e. The lowest BCUT2D eigenvalue weighted by Crippen LogP contribution is -2.56. The van der Waals surface area contributed by atoms with Gasteiger partial charge in [0, 0.05) is 26.7 Å². The highest BCUT2D eigenvalue weighted by Gasteiger charge is 2.32. The Labute approximate surface area is 192 Å². The van der Waals surface area contributed by atoms with Crippen LogP contribution in [0.15, 0.2) is 59.2 Å². The molecule has 2 amide bonds. The summed E-state index contributed by atoms with van der Waals surface area (Å²) >= 11 is 0. The lowest BCUT2D eigenvalue weighted by Gasteiger charge is -2.35. The summed E-state index contributed by atoms with van der Waals surface area (Å²) in [7, 11) is 1.69. The molecular formula is C24H27N5O4. The molecule has 1 atom stereocenters. The van der Waals surface area contributed by atoms with Crippen LogP contribution in [0, 0.1) is 6.92 Å². The van der Waals surface area contributed by atoms with E-state index in [0.717, 1.165) is 17.1 Å². The SMILES string of the molecule is Cc1nonc1CN(C)C(=O)CC1C(=O)NCCN1Cc1cccc(Oc2ccccc2)c1. The van der Waals surface area contributed by atoms with E-state index in [1.807, 2.05) is 59.5 Å². The van der Waals surface area contributed by atoms with E-state index in [-0.39, 0.29) is 24.8 Å². The molecule has 1 saturated heterocycles. The average Bonchev–Trinajstić information content (AvgIpc) is 3.21. The summed E-state index contributed by atoms with van der Waals surface area (Å²) in [5, 5.41) is 10.4. The van der Waals surface area contributed by atoms with Crippen LogP contribution in [0.1, 0.15) is 23.4 Å². The number of rotatable bonds is 8. The number of nitrogens with one attached hydrogen (secondary N) is 1. The molecule has 1 aliphatic heterocycles. The number of carbonyl (C=O) groups excluding carboxylic acids is 2. The Balaban J connectivity index is 1.42. The predicted molar refractivity (Wildman–Crippen MR) is 120 cm³/mol. The van der Waals surface area contributed by atoms with Crippen molar-refractivity contribution in [2.45, 2.75) is 32.5 Å². The zero-order valence-electron chi connectivity index (χ0n) is 18.7. The Hall–Kier alpha value is -3.72. The van der Waals surface area contributed by atoms with Gasteiger partial charge in [0.05, 0.1) is 19.0 Å². The molecule has 172 valence electrons. The molecule has 3 aromatic rings. The first-order valence-corrected chi connectivity index (χ1v) is 10.8. The van der Waals surface area contributed by atoms with Crippen molar-refractivity contribution in [2.75, 3.05) is 20.1 Å². The summed E-state index contributed by atoms with van der Waals surface area (Å²) in [6.45, 7) is 3.79. The highest BCUT2D eigenvalue weighted by molar-refractivity contribution is 5.88. The van der Waals surface area contributed by atoms with Gasteiger partial charge in [-0.15, -0.1) is 0 Å². The monoisotopic (exact) mass is 449 g/mol. The van der Waals surface area contributed by atoms with E-state index in [1.54, 1.807) is 18.9 Å². The van der Waals surface area contributed by atoms with Crippen molar-refractivity contribution in [1.82, 2.24) is 25.4 Å². The summed E-state index contributed by atoms with van der Waals surface area (Å²) < 4.78 is 10.6. The smallest absolute Gasteiger partial charge is 0.237 e. The van der Waals surface area contributed by atoms with E-state index >= 15 is 0 Å². The van der Waals surface area contributed by atoms with Gasteiger partial charge >= 0.3 is 0 Å². The van der Waals surface area contributed by atoms with Gasteiger partial charge in [-0.3, -0.25) is 14.5 Å². The summed E-state index contributed by atoms with van der Waals surface area (Å²) in [5.74, 6) is 1.20. The van der Waals surface area contributed by atoms with Crippen molar-refractivity contribution in [2.24, 2.45) is 0 Å². The zero-order valence-corrected chi connectivity index (χ0v) is 18.7. The van der Waals surface area contributed by atoms with E-state index in [1.165, 1.54) is 0 Å². The third-order valence-electron chi connectivity index (χ3n) is 5.63. The third-order valence-corrected chi connectivity index (χ3v) is 5.63. The number of hydrogen-bond donors (Lipinski definition) is 1. The van der Waals surface area contributed by atoms with Gasteiger partial charge in [0.1, 0.15) is 22.9 Å². The first-order chi connectivity index (χ1) is 16.0. The third kappa shape index (κ3) is 5.75. The predicted octanol–water partition coefficient (Wildman–Crippen LogP) is 2.52. The van der Waals surface area contributed by atoms with Crippen LogP contribution >= 0.6 is 0 Å². The van der Waals surface area contributed by atoms with E-state index in [9.17, 15) is 9.59 Å². The molecule has 9 heteroatoms. The molecule has 1 aliphatic rings. The van der Waals surface area contributed by atoms with Crippen LogP contribution in [0.5, 0.6) is 11.5 Å². The highest BCUT2D eigenvalue weighted by atomic mass is 16.6. The zero-order chi connectivity index (χ0) is 23.2. The van der Waals surface area contributed by atoms with Crippen molar-refractivity contribution >= 4 is 11.8 Å². The molecule has 0 bridgehead atoms. The number of ether oxygens (including phenoxy) is 1. The molecule has 1 unspecified atom stereocenters. The van der Waals surface area contributed by atoms with Crippen LogP contribution in [0.2, 0.25) is 0 Å². The summed E-state index contributed by atoms with van der Waals surface area (Å²) in [5.41, 5.74) is 2.25. The van der Waals surface area contributed by atoms with Gasteiger partial charge in [-0.05, 0) is 36.8 Å². The number of aromatic nitrogens is 2. The summed E-state index contributed by atoms with van der Waals surface area (Å²) in [6, 6.07) is 16.8. The van der Waals surface area contributed by atoms with Gasteiger partial charge in [0.2, 0.25) is 11.8 Å². The highest BCUT2D eigenvalue weighted by Crippen LogP contribution is 2.23. The second-order valence-electron chi connectivity index (χ2n) is 8.09. The number of nitrogens with zero attached hydrogens (tertiary/aromatic N) is 4. The minimum atomic E-state index is -0.552. The van der Waals surface area contributed by atoms with E-state index in [2.05, 4.69) is 15.6 Å². The summed E-state index contributed by atoms with van der Waals surface area (Å²) in [6.07, 6.45) is 0.0763. The molecule has 0 saturated carbocycles. The van der Waals surface area contributed by atoms with Gasteiger partial charge in [-0.1, -0.05) is 40.6 Å². The van der Waals surface area contributed by atoms with Crippen molar-refractivity contribution in [3.8, 4) is 11.5 Å². The quantitative estimate of drug-likeness (QED) is 0.564. The molecule has 2 aromatic carbocycles. The van der Waals surface area contributed by atoms with Gasteiger partial charge < -0.3 is 15.0 Å².